The average molecular weight is 349 g/mol. The van der Waals surface area contributed by atoms with Gasteiger partial charge in [0.1, 0.15) is 5.82 Å². The zero-order valence-corrected chi connectivity index (χ0v) is 13.9. The van der Waals surface area contributed by atoms with Crippen LogP contribution >= 0.6 is 0 Å². The Kier molecular flexibility index (Phi) is 5.42. The van der Waals surface area contributed by atoms with Crippen molar-refractivity contribution >= 4 is 22.1 Å². The van der Waals surface area contributed by atoms with E-state index >= 15 is 0 Å². The highest BCUT2D eigenvalue weighted by molar-refractivity contribution is 7.89. The summed E-state index contributed by atoms with van der Waals surface area (Å²) < 4.78 is 38.6. The number of hydrazone groups is 1. The molecule has 2 rings (SSSR count). The molecular formula is C16H16FN3O3S. The molecule has 0 aliphatic rings. The number of nitrogens with one attached hydrogen (secondary N) is 1. The highest BCUT2D eigenvalue weighted by Gasteiger charge is 2.18. The Balaban J connectivity index is 2.15. The van der Waals surface area contributed by atoms with Crippen LogP contribution in [0, 0.1) is 5.82 Å². The van der Waals surface area contributed by atoms with E-state index in [1.807, 2.05) is 0 Å². The predicted molar refractivity (Wildman–Crippen MR) is 88.8 cm³/mol. The first-order chi connectivity index (χ1) is 11.3. The van der Waals surface area contributed by atoms with Crippen molar-refractivity contribution in [3.63, 3.8) is 0 Å². The first-order valence-electron chi connectivity index (χ1n) is 6.93. The van der Waals surface area contributed by atoms with Gasteiger partial charge in [0.05, 0.1) is 11.1 Å². The van der Waals surface area contributed by atoms with E-state index in [1.165, 1.54) is 56.7 Å². The van der Waals surface area contributed by atoms with Crippen molar-refractivity contribution in [2.75, 3.05) is 14.1 Å². The Morgan fingerprint density at radius 2 is 1.88 bits per heavy atom. The average Bonchev–Trinajstić information content (AvgIpc) is 2.56. The lowest BCUT2D eigenvalue weighted by Crippen LogP contribution is -2.23. The molecule has 0 atom stereocenters. The molecule has 8 heteroatoms. The Morgan fingerprint density at radius 3 is 2.54 bits per heavy atom. The van der Waals surface area contributed by atoms with E-state index in [4.69, 9.17) is 0 Å². The molecule has 2 aromatic carbocycles. The van der Waals surface area contributed by atoms with Gasteiger partial charge in [0.25, 0.3) is 5.91 Å². The minimum Gasteiger partial charge on any atom is -0.267 e. The molecule has 126 valence electrons. The first kappa shape index (κ1) is 17.8. The van der Waals surface area contributed by atoms with Gasteiger partial charge in [0.15, 0.2) is 0 Å². The van der Waals surface area contributed by atoms with E-state index < -0.39 is 21.7 Å². The number of sulfonamides is 1. The van der Waals surface area contributed by atoms with Crippen LogP contribution in [-0.4, -0.2) is 38.9 Å². The summed E-state index contributed by atoms with van der Waals surface area (Å²) in [5.74, 6) is -1.06. The van der Waals surface area contributed by atoms with Crippen molar-refractivity contribution in [2.24, 2.45) is 5.10 Å². The molecule has 1 N–H and O–H groups in total. The van der Waals surface area contributed by atoms with E-state index in [9.17, 15) is 17.6 Å². The molecule has 6 nitrogen and oxygen atoms in total. The maximum atomic E-state index is 13.4. The van der Waals surface area contributed by atoms with Crippen molar-refractivity contribution < 1.29 is 17.6 Å². The van der Waals surface area contributed by atoms with Crippen molar-refractivity contribution in [3.8, 4) is 0 Å². The molecule has 0 heterocycles. The lowest BCUT2D eigenvalue weighted by atomic mass is 10.2. The fraction of sp³-hybridized carbons (Fsp3) is 0.125. The number of halogens is 1. The normalized spacial score (nSPS) is 11.8. The quantitative estimate of drug-likeness (QED) is 0.661. The van der Waals surface area contributed by atoms with Crippen molar-refractivity contribution in [1.82, 2.24) is 9.73 Å². The van der Waals surface area contributed by atoms with Gasteiger partial charge >= 0.3 is 0 Å². The second-order valence-corrected chi connectivity index (χ2v) is 7.19. The van der Waals surface area contributed by atoms with Crippen LogP contribution in [0.3, 0.4) is 0 Å². The summed E-state index contributed by atoms with van der Waals surface area (Å²) in [6.45, 7) is 0. The Hall–Kier alpha value is -2.58. The summed E-state index contributed by atoms with van der Waals surface area (Å²) >= 11 is 0. The van der Waals surface area contributed by atoms with Crippen LogP contribution in [0.1, 0.15) is 15.9 Å². The largest absolute Gasteiger partial charge is 0.271 e. The van der Waals surface area contributed by atoms with Gasteiger partial charge in [-0.3, -0.25) is 4.79 Å². The van der Waals surface area contributed by atoms with Crippen LogP contribution in [0.5, 0.6) is 0 Å². The molecule has 1 amide bonds. The van der Waals surface area contributed by atoms with E-state index in [1.54, 1.807) is 12.1 Å². The maximum absolute atomic E-state index is 13.4. The molecule has 0 fully saturated rings. The second kappa shape index (κ2) is 7.33. The Labute approximate surface area is 139 Å². The van der Waals surface area contributed by atoms with Gasteiger partial charge in [-0.2, -0.15) is 5.10 Å². The second-order valence-electron chi connectivity index (χ2n) is 5.04. The third-order valence-corrected chi connectivity index (χ3v) is 4.96. The number of hydrogen-bond acceptors (Lipinski definition) is 4. The number of carbonyl (C=O) groups excluding carboxylic acids is 1. The Morgan fingerprint density at radius 1 is 1.17 bits per heavy atom. The monoisotopic (exact) mass is 349 g/mol. The zero-order valence-electron chi connectivity index (χ0n) is 13.1. The maximum Gasteiger partial charge on any atom is 0.271 e. The fourth-order valence-corrected chi connectivity index (χ4v) is 2.76. The molecule has 0 radical (unpaired) electrons. The standard InChI is InChI=1S/C16H16FN3O3S/c1-20(2)24(22,23)14-8-5-7-12(10-14)16(21)19-18-11-13-6-3-4-9-15(13)17/h3-11H,1-2H3,(H,19,21)/b18-11-. The molecule has 0 unspecified atom stereocenters. The summed E-state index contributed by atoms with van der Waals surface area (Å²) in [5.41, 5.74) is 2.59. The van der Waals surface area contributed by atoms with Crippen LogP contribution in [0.4, 0.5) is 4.39 Å². The summed E-state index contributed by atoms with van der Waals surface area (Å²) in [7, 11) is -0.830. The lowest BCUT2D eigenvalue weighted by molar-refractivity contribution is 0.0955. The van der Waals surface area contributed by atoms with E-state index in [0.29, 0.717) is 0 Å². The minimum absolute atomic E-state index is 0.00164. The molecule has 0 saturated carbocycles. The molecule has 24 heavy (non-hydrogen) atoms. The summed E-state index contributed by atoms with van der Waals surface area (Å²) in [6.07, 6.45) is 1.17. The molecule has 0 aliphatic heterocycles. The molecule has 0 spiro atoms. The number of rotatable bonds is 5. The van der Waals surface area contributed by atoms with Crippen LogP contribution in [0.2, 0.25) is 0 Å². The molecule has 0 aromatic heterocycles. The SMILES string of the molecule is CN(C)S(=O)(=O)c1cccc(C(=O)N/N=C\c2ccccc2F)c1. The highest BCUT2D eigenvalue weighted by Crippen LogP contribution is 2.14. The van der Waals surface area contributed by atoms with Gasteiger partial charge in [-0.25, -0.2) is 22.5 Å². The lowest BCUT2D eigenvalue weighted by Gasteiger charge is -2.11. The fourth-order valence-electron chi connectivity index (χ4n) is 1.81. The number of nitrogens with zero attached hydrogens (tertiary/aromatic N) is 2. The summed E-state index contributed by atoms with van der Waals surface area (Å²) in [6, 6.07) is 11.5. The number of amides is 1. The highest BCUT2D eigenvalue weighted by atomic mass is 32.2. The van der Waals surface area contributed by atoms with Crippen molar-refractivity contribution in [3.05, 3.63) is 65.5 Å². The molecular weight excluding hydrogens is 333 g/mol. The van der Waals surface area contributed by atoms with E-state index in [-0.39, 0.29) is 16.0 Å². The molecule has 0 saturated heterocycles. The number of carbonyl (C=O) groups is 1. The van der Waals surface area contributed by atoms with Crippen LogP contribution in [0.15, 0.2) is 58.5 Å². The minimum atomic E-state index is -3.64. The van der Waals surface area contributed by atoms with E-state index in [0.717, 1.165) is 4.31 Å². The summed E-state index contributed by atoms with van der Waals surface area (Å²) in [4.78, 5) is 12.0. The number of hydrogen-bond donors (Lipinski definition) is 1. The Bertz CT molecular complexity index is 880. The van der Waals surface area contributed by atoms with E-state index in [2.05, 4.69) is 10.5 Å². The topological polar surface area (TPSA) is 78.8 Å². The smallest absolute Gasteiger partial charge is 0.267 e. The van der Waals surface area contributed by atoms with Crippen LogP contribution in [-0.2, 0) is 10.0 Å². The van der Waals surface area contributed by atoms with Gasteiger partial charge in [-0.1, -0.05) is 24.3 Å². The molecule has 2 aromatic rings. The van der Waals surface area contributed by atoms with Crippen LogP contribution in [0.25, 0.3) is 0 Å². The predicted octanol–water partition coefficient (Wildman–Crippen LogP) is 1.84. The van der Waals surface area contributed by atoms with Crippen LogP contribution < -0.4 is 5.43 Å². The first-order valence-corrected chi connectivity index (χ1v) is 8.37. The molecule has 0 aliphatic carbocycles. The van der Waals surface area contributed by atoms with Crippen molar-refractivity contribution in [1.29, 1.82) is 0 Å². The van der Waals surface area contributed by atoms with Gasteiger partial charge in [0, 0.05) is 25.2 Å². The van der Waals surface area contributed by atoms with Gasteiger partial charge < -0.3 is 0 Å². The third kappa shape index (κ3) is 4.03. The molecule has 0 bridgehead atoms. The summed E-state index contributed by atoms with van der Waals surface area (Å²) in [5, 5.41) is 3.68. The third-order valence-electron chi connectivity index (χ3n) is 3.15. The van der Waals surface area contributed by atoms with Gasteiger partial charge in [-0.05, 0) is 24.3 Å². The van der Waals surface area contributed by atoms with Crippen molar-refractivity contribution in [2.45, 2.75) is 4.90 Å². The number of benzene rings is 2. The van der Waals surface area contributed by atoms with Gasteiger partial charge in [-0.15, -0.1) is 0 Å². The van der Waals surface area contributed by atoms with Gasteiger partial charge in [0.2, 0.25) is 10.0 Å². The zero-order chi connectivity index (χ0) is 17.7.